The maximum absolute atomic E-state index is 10.9. The predicted molar refractivity (Wildman–Crippen MR) is 73.9 cm³/mol. The number of nitro groups is 1. The lowest BCUT2D eigenvalue weighted by atomic mass is 10.1. The zero-order valence-electron chi connectivity index (χ0n) is 10.2. The van der Waals surface area contributed by atoms with Crippen molar-refractivity contribution in [1.82, 2.24) is 4.90 Å². The molecule has 0 aromatic heterocycles. The molecule has 0 radical (unpaired) electrons. The van der Waals surface area contributed by atoms with Gasteiger partial charge in [-0.2, -0.15) is 0 Å². The fraction of sp³-hybridized carbons (Fsp3) is 0.364. The van der Waals surface area contributed by atoms with Gasteiger partial charge in [-0.1, -0.05) is 11.6 Å². The Kier molecular flexibility index (Phi) is 7.36. The lowest BCUT2D eigenvalue weighted by Gasteiger charge is -2.15. The van der Waals surface area contributed by atoms with Gasteiger partial charge in [0.2, 0.25) is 0 Å². The van der Waals surface area contributed by atoms with E-state index < -0.39 is 10.9 Å². The van der Waals surface area contributed by atoms with Crippen molar-refractivity contribution in [2.24, 2.45) is 0 Å². The minimum Gasteiger partial charge on any atom is -0.481 e. The average molecular weight is 309 g/mol. The Labute approximate surface area is 121 Å². The van der Waals surface area contributed by atoms with Crippen LogP contribution in [0.3, 0.4) is 0 Å². The molecule has 0 atom stereocenters. The molecular weight excluding hydrogens is 295 g/mol. The van der Waals surface area contributed by atoms with Crippen LogP contribution in [-0.2, 0) is 11.3 Å². The van der Waals surface area contributed by atoms with Gasteiger partial charge >= 0.3 is 5.97 Å². The average Bonchev–Trinajstić information content (AvgIpc) is 2.28. The summed E-state index contributed by atoms with van der Waals surface area (Å²) in [7, 11) is 1.71. The Morgan fingerprint density at radius 1 is 1.53 bits per heavy atom. The molecule has 0 heterocycles. The second kappa shape index (κ2) is 7.93. The number of rotatable bonds is 6. The second-order valence-electron chi connectivity index (χ2n) is 3.91. The molecule has 0 aliphatic rings. The van der Waals surface area contributed by atoms with Gasteiger partial charge in [0.25, 0.3) is 5.69 Å². The van der Waals surface area contributed by atoms with Crippen LogP contribution in [0.1, 0.15) is 12.0 Å². The van der Waals surface area contributed by atoms with Crippen LogP contribution in [0.15, 0.2) is 18.2 Å². The largest absolute Gasteiger partial charge is 0.481 e. The van der Waals surface area contributed by atoms with Gasteiger partial charge in [0, 0.05) is 29.7 Å². The molecule has 0 saturated heterocycles. The molecule has 0 amide bonds. The third-order valence-corrected chi connectivity index (χ3v) is 2.63. The molecule has 0 aliphatic heterocycles. The molecule has 0 unspecified atom stereocenters. The van der Waals surface area contributed by atoms with E-state index in [1.165, 1.54) is 6.07 Å². The second-order valence-corrected chi connectivity index (χ2v) is 4.35. The predicted octanol–water partition coefficient (Wildman–Crippen LogP) is 2.58. The number of carboxylic acids is 1. The summed E-state index contributed by atoms with van der Waals surface area (Å²) < 4.78 is 0. The first-order chi connectivity index (χ1) is 8.40. The summed E-state index contributed by atoms with van der Waals surface area (Å²) in [4.78, 5) is 22.5. The van der Waals surface area contributed by atoms with E-state index in [0.717, 1.165) is 0 Å². The van der Waals surface area contributed by atoms with Gasteiger partial charge in [0.05, 0.1) is 11.3 Å². The van der Waals surface area contributed by atoms with Gasteiger partial charge < -0.3 is 10.0 Å². The van der Waals surface area contributed by atoms with Crippen molar-refractivity contribution in [2.45, 2.75) is 13.0 Å². The van der Waals surface area contributed by atoms with Crippen LogP contribution < -0.4 is 0 Å². The molecule has 19 heavy (non-hydrogen) atoms. The van der Waals surface area contributed by atoms with Gasteiger partial charge in [-0.15, -0.1) is 12.4 Å². The smallest absolute Gasteiger partial charge is 0.304 e. The summed E-state index contributed by atoms with van der Waals surface area (Å²) in [6, 6.07) is 4.45. The zero-order valence-corrected chi connectivity index (χ0v) is 11.8. The van der Waals surface area contributed by atoms with E-state index in [0.29, 0.717) is 23.7 Å². The van der Waals surface area contributed by atoms with Crippen LogP contribution in [0.4, 0.5) is 5.69 Å². The topological polar surface area (TPSA) is 83.7 Å². The lowest BCUT2D eigenvalue weighted by molar-refractivity contribution is -0.385. The third-order valence-electron chi connectivity index (χ3n) is 2.39. The molecule has 1 rings (SSSR count). The van der Waals surface area contributed by atoms with E-state index in [-0.39, 0.29) is 24.5 Å². The summed E-state index contributed by atoms with van der Waals surface area (Å²) >= 11 is 5.70. The van der Waals surface area contributed by atoms with E-state index in [2.05, 4.69) is 0 Å². The van der Waals surface area contributed by atoms with Gasteiger partial charge in [-0.25, -0.2) is 0 Å². The number of aliphatic carboxylic acids is 1. The number of halogens is 2. The molecule has 0 saturated carbocycles. The van der Waals surface area contributed by atoms with Gasteiger partial charge in [-0.3, -0.25) is 14.9 Å². The highest BCUT2D eigenvalue weighted by atomic mass is 35.5. The van der Waals surface area contributed by atoms with Crippen molar-refractivity contribution in [3.05, 3.63) is 38.9 Å². The van der Waals surface area contributed by atoms with E-state index in [4.69, 9.17) is 16.7 Å². The quantitative estimate of drug-likeness (QED) is 0.645. The number of nitrogens with zero attached hydrogens (tertiary/aromatic N) is 2. The number of carbonyl (C=O) groups is 1. The van der Waals surface area contributed by atoms with Crippen LogP contribution in [0.2, 0.25) is 5.02 Å². The molecule has 0 spiro atoms. The molecule has 1 aromatic rings. The highest BCUT2D eigenvalue weighted by Crippen LogP contribution is 2.24. The highest BCUT2D eigenvalue weighted by molar-refractivity contribution is 6.30. The van der Waals surface area contributed by atoms with Crippen LogP contribution in [0, 0.1) is 10.1 Å². The standard InChI is InChI=1S/C11H13ClN2O4.ClH/c1-13(5-4-11(15)16)7-8-2-3-9(12)6-10(8)14(17)18;/h2-3,6H,4-5,7H2,1H3,(H,15,16);1H. The van der Waals surface area contributed by atoms with E-state index in [1.54, 1.807) is 24.1 Å². The first-order valence-electron chi connectivity index (χ1n) is 5.23. The fourth-order valence-electron chi connectivity index (χ4n) is 1.50. The van der Waals surface area contributed by atoms with Crippen molar-refractivity contribution in [3.63, 3.8) is 0 Å². The molecule has 0 fully saturated rings. The molecule has 0 aliphatic carbocycles. The van der Waals surface area contributed by atoms with Crippen LogP contribution in [0.5, 0.6) is 0 Å². The van der Waals surface area contributed by atoms with Crippen molar-refractivity contribution in [1.29, 1.82) is 0 Å². The van der Waals surface area contributed by atoms with Gasteiger partial charge in [0.15, 0.2) is 0 Å². The maximum atomic E-state index is 10.9. The van der Waals surface area contributed by atoms with Gasteiger partial charge in [-0.05, 0) is 19.2 Å². The Morgan fingerprint density at radius 3 is 2.68 bits per heavy atom. The molecular formula is C11H14Cl2N2O4. The Bertz CT molecular complexity index is 468. The monoisotopic (exact) mass is 308 g/mol. The van der Waals surface area contributed by atoms with E-state index in [1.807, 2.05) is 0 Å². The summed E-state index contributed by atoms with van der Waals surface area (Å²) in [6.45, 7) is 0.635. The van der Waals surface area contributed by atoms with Crippen molar-refractivity contribution < 1.29 is 14.8 Å². The minimum atomic E-state index is -0.896. The summed E-state index contributed by atoms with van der Waals surface area (Å²) in [6.07, 6.45) is -0.00210. The first-order valence-corrected chi connectivity index (χ1v) is 5.61. The normalized spacial score (nSPS) is 10.1. The summed E-state index contributed by atoms with van der Waals surface area (Å²) in [5.41, 5.74) is 0.460. The number of hydrogen-bond acceptors (Lipinski definition) is 4. The lowest BCUT2D eigenvalue weighted by Crippen LogP contribution is -2.21. The summed E-state index contributed by atoms with van der Waals surface area (Å²) in [5, 5.41) is 19.7. The zero-order chi connectivity index (χ0) is 13.7. The number of carboxylic acid groups (broad SMARTS) is 1. The fourth-order valence-corrected chi connectivity index (χ4v) is 1.66. The van der Waals surface area contributed by atoms with Crippen LogP contribution in [-0.4, -0.2) is 34.5 Å². The molecule has 0 bridgehead atoms. The molecule has 106 valence electrons. The number of nitro benzene ring substituents is 1. The van der Waals surface area contributed by atoms with E-state index >= 15 is 0 Å². The van der Waals surface area contributed by atoms with Crippen molar-refractivity contribution in [2.75, 3.05) is 13.6 Å². The molecule has 8 heteroatoms. The van der Waals surface area contributed by atoms with Gasteiger partial charge in [0.1, 0.15) is 0 Å². The number of hydrogen-bond donors (Lipinski definition) is 1. The first kappa shape index (κ1) is 17.6. The Hall–Kier alpha value is -1.37. The highest BCUT2D eigenvalue weighted by Gasteiger charge is 2.15. The molecule has 1 N–H and O–H groups in total. The van der Waals surface area contributed by atoms with Crippen molar-refractivity contribution in [3.8, 4) is 0 Å². The van der Waals surface area contributed by atoms with Crippen molar-refractivity contribution >= 4 is 35.7 Å². The van der Waals surface area contributed by atoms with E-state index in [9.17, 15) is 14.9 Å². The van der Waals surface area contributed by atoms with Crippen LogP contribution in [0.25, 0.3) is 0 Å². The minimum absolute atomic E-state index is 0. The van der Waals surface area contributed by atoms with Crippen LogP contribution >= 0.6 is 24.0 Å². The Balaban J connectivity index is 0.00000324. The third kappa shape index (κ3) is 5.87. The number of benzene rings is 1. The summed E-state index contributed by atoms with van der Waals surface area (Å²) in [5.74, 6) is -0.896. The molecule has 1 aromatic carbocycles. The SMILES string of the molecule is CN(CCC(=O)O)Cc1ccc(Cl)cc1[N+](=O)[O-].Cl. The molecule has 6 nitrogen and oxygen atoms in total. The maximum Gasteiger partial charge on any atom is 0.304 e. The Morgan fingerprint density at radius 2 is 2.16 bits per heavy atom.